The minimum absolute atomic E-state index is 0.108. The summed E-state index contributed by atoms with van der Waals surface area (Å²) in [4.78, 5) is 11.3. The topological polar surface area (TPSA) is 38.3 Å². The predicted molar refractivity (Wildman–Crippen MR) is 76.2 cm³/mol. The molecule has 0 atom stereocenters. The third-order valence-corrected chi connectivity index (χ3v) is 2.98. The first-order valence-electron chi connectivity index (χ1n) is 6.37. The van der Waals surface area contributed by atoms with Crippen molar-refractivity contribution in [1.29, 1.82) is 0 Å². The lowest BCUT2D eigenvalue weighted by atomic mass is 10.1. The predicted octanol–water partition coefficient (Wildman–Crippen LogP) is 3.67. The highest BCUT2D eigenvalue weighted by molar-refractivity contribution is 5.89. The van der Waals surface area contributed by atoms with Crippen molar-refractivity contribution >= 4 is 11.7 Å². The molecule has 5 heteroatoms. The van der Waals surface area contributed by atoms with Crippen molar-refractivity contribution < 1.29 is 18.3 Å². The van der Waals surface area contributed by atoms with E-state index in [-0.39, 0.29) is 11.4 Å². The molecule has 0 saturated heterocycles. The number of halogens is 2. The lowest BCUT2D eigenvalue weighted by molar-refractivity contribution is 0.0595. The van der Waals surface area contributed by atoms with Gasteiger partial charge in [0.1, 0.15) is 11.6 Å². The van der Waals surface area contributed by atoms with Gasteiger partial charge in [-0.3, -0.25) is 0 Å². The summed E-state index contributed by atoms with van der Waals surface area (Å²) in [6, 6.07) is 8.83. The number of ether oxygens (including phenoxy) is 1. The number of hydrogen-bond donors (Lipinski definition) is 1. The first kappa shape index (κ1) is 15.0. The molecule has 0 aliphatic carbocycles. The van der Waals surface area contributed by atoms with Crippen molar-refractivity contribution in [3.05, 3.63) is 64.7 Å². The Morgan fingerprint density at radius 1 is 1.19 bits per heavy atom. The summed E-state index contributed by atoms with van der Waals surface area (Å²) in [5.74, 6) is -1.69. The molecule has 0 aromatic heterocycles. The zero-order chi connectivity index (χ0) is 15.4. The van der Waals surface area contributed by atoms with Gasteiger partial charge < -0.3 is 10.1 Å². The second-order valence-corrected chi connectivity index (χ2v) is 4.68. The summed E-state index contributed by atoms with van der Waals surface area (Å²) >= 11 is 0. The van der Waals surface area contributed by atoms with Crippen LogP contribution >= 0.6 is 0 Å². The maximum Gasteiger partial charge on any atom is 0.340 e. The number of benzene rings is 2. The van der Waals surface area contributed by atoms with E-state index < -0.39 is 11.8 Å². The molecule has 0 heterocycles. The van der Waals surface area contributed by atoms with E-state index in [2.05, 4.69) is 10.1 Å². The van der Waals surface area contributed by atoms with Gasteiger partial charge in [0.2, 0.25) is 0 Å². The fraction of sp³-hybridized carbons (Fsp3) is 0.188. The molecule has 0 unspecified atom stereocenters. The molecular weight excluding hydrogens is 276 g/mol. The van der Waals surface area contributed by atoms with Crippen LogP contribution in [0.3, 0.4) is 0 Å². The third-order valence-electron chi connectivity index (χ3n) is 2.98. The monoisotopic (exact) mass is 291 g/mol. The van der Waals surface area contributed by atoms with Gasteiger partial charge >= 0.3 is 5.97 Å². The molecule has 2 aromatic rings. The van der Waals surface area contributed by atoms with E-state index in [1.165, 1.54) is 31.4 Å². The number of rotatable bonds is 4. The number of anilines is 1. The van der Waals surface area contributed by atoms with Crippen LogP contribution in [0.25, 0.3) is 0 Å². The van der Waals surface area contributed by atoms with Crippen LogP contribution in [-0.4, -0.2) is 13.1 Å². The highest BCUT2D eigenvalue weighted by atomic mass is 19.1. The molecule has 0 aliphatic heterocycles. The first-order valence-corrected chi connectivity index (χ1v) is 6.37. The molecule has 0 radical (unpaired) electrons. The minimum Gasteiger partial charge on any atom is -0.465 e. The van der Waals surface area contributed by atoms with E-state index in [1.807, 2.05) is 0 Å². The van der Waals surface area contributed by atoms with Gasteiger partial charge in [0, 0.05) is 12.2 Å². The number of carbonyl (C=O) groups excluding carboxylic acids is 1. The number of carbonyl (C=O) groups is 1. The van der Waals surface area contributed by atoms with Gasteiger partial charge in [-0.15, -0.1) is 0 Å². The second-order valence-electron chi connectivity index (χ2n) is 4.68. The number of hydrogen-bond acceptors (Lipinski definition) is 3. The van der Waals surface area contributed by atoms with Crippen LogP contribution in [0, 0.1) is 18.6 Å². The summed E-state index contributed by atoms with van der Waals surface area (Å²) in [5, 5.41) is 3.01. The summed E-state index contributed by atoms with van der Waals surface area (Å²) < 4.78 is 31.5. The first-order chi connectivity index (χ1) is 9.99. The SMILES string of the molecule is COC(=O)c1ccc(CNc2cc(C)cc(F)c2)cc1F. The number of esters is 1. The van der Waals surface area contributed by atoms with Crippen molar-refractivity contribution in [1.82, 2.24) is 0 Å². The van der Waals surface area contributed by atoms with Crippen molar-refractivity contribution in [2.24, 2.45) is 0 Å². The van der Waals surface area contributed by atoms with E-state index in [0.29, 0.717) is 17.8 Å². The average Bonchev–Trinajstić information content (AvgIpc) is 2.43. The van der Waals surface area contributed by atoms with Crippen molar-refractivity contribution in [3.63, 3.8) is 0 Å². The van der Waals surface area contributed by atoms with E-state index in [0.717, 1.165) is 5.56 Å². The summed E-state index contributed by atoms with van der Waals surface area (Å²) in [6.45, 7) is 2.11. The summed E-state index contributed by atoms with van der Waals surface area (Å²) in [5.41, 5.74) is 1.94. The van der Waals surface area contributed by atoms with E-state index in [1.54, 1.807) is 19.1 Å². The lowest BCUT2D eigenvalue weighted by Gasteiger charge is -2.09. The summed E-state index contributed by atoms with van der Waals surface area (Å²) in [6.07, 6.45) is 0. The van der Waals surface area contributed by atoms with Crippen LogP contribution in [0.5, 0.6) is 0 Å². The Kier molecular flexibility index (Phi) is 4.52. The van der Waals surface area contributed by atoms with Gasteiger partial charge in [-0.05, 0) is 48.4 Å². The Labute approximate surface area is 121 Å². The maximum absolute atomic E-state index is 13.8. The standard InChI is InChI=1S/C16H15F2NO2/c1-10-5-12(17)8-13(6-10)19-9-11-3-4-14(15(18)7-11)16(20)21-2/h3-8,19H,9H2,1-2H3. The average molecular weight is 291 g/mol. The van der Waals surface area contributed by atoms with Crippen LogP contribution in [0.2, 0.25) is 0 Å². The molecule has 0 spiro atoms. The van der Waals surface area contributed by atoms with Crippen molar-refractivity contribution in [3.8, 4) is 0 Å². The number of aryl methyl sites for hydroxylation is 1. The molecule has 0 aliphatic rings. The van der Waals surface area contributed by atoms with Crippen LogP contribution in [0.15, 0.2) is 36.4 Å². The van der Waals surface area contributed by atoms with Gasteiger partial charge in [0.05, 0.1) is 12.7 Å². The Bertz CT molecular complexity index is 651. The molecule has 21 heavy (non-hydrogen) atoms. The fourth-order valence-electron chi connectivity index (χ4n) is 1.99. The van der Waals surface area contributed by atoms with Gasteiger partial charge in [0.25, 0.3) is 0 Å². The second kappa shape index (κ2) is 6.35. The van der Waals surface area contributed by atoms with E-state index >= 15 is 0 Å². The van der Waals surface area contributed by atoms with Crippen LogP contribution in [-0.2, 0) is 11.3 Å². The largest absolute Gasteiger partial charge is 0.465 e. The lowest BCUT2D eigenvalue weighted by Crippen LogP contribution is -2.06. The molecule has 110 valence electrons. The van der Waals surface area contributed by atoms with Crippen molar-refractivity contribution in [2.75, 3.05) is 12.4 Å². The molecular formula is C16H15F2NO2. The van der Waals surface area contributed by atoms with Gasteiger partial charge in [-0.1, -0.05) is 6.07 Å². The molecule has 2 aromatic carbocycles. The van der Waals surface area contributed by atoms with E-state index in [4.69, 9.17) is 0 Å². The fourth-order valence-corrected chi connectivity index (χ4v) is 1.99. The van der Waals surface area contributed by atoms with E-state index in [9.17, 15) is 13.6 Å². The third kappa shape index (κ3) is 3.78. The molecule has 2 rings (SSSR count). The molecule has 0 fully saturated rings. The smallest absolute Gasteiger partial charge is 0.340 e. The minimum atomic E-state index is -0.715. The summed E-state index contributed by atoms with van der Waals surface area (Å²) in [7, 11) is 1.20. The van der Waals surface area contributed by atoms with Crippen LogP contribution < -0.4 is 5.32 Å². The van der Waals surface area contributed by atoms with Crippen LogP contribution in [0.1, 0.15) is 21.5 Å². The molecule has 0 bridgehead atoms. The zero-order valence-electron chi connectivity index (χ0n) is 11.7. The Morgan fingerprint density at radius 3 is 2.57 bits per heavy atom. The van der Waals surface area contributed by atoms with Crippen LogP contribution in [0.4, 0.5) is 14.5 Å². The Hall–Kier alpha value is -2.43. The Morgan fingerprint density at radius 2 is 1.95 bits per heavy atom. The molecule has 3 nitrogen and oxygen atoms in total. The van der Waals surface area contributed by atoms with Crippen molar-refractivity contribution in [2.45, 2.75) is 13.5 Å². The zero-order valence-corrected chi connectivity index (χ0v) is 11.7. The Balaban J connectivity index is 2.10. The maximum atomic E-state index is 13.8. The quantitative estimate of drug-likeness (QED) is 0.873. The normalized spacial score (nSPS) is 10.3. The highest BCUT2D eigenvalue weighted by Gasteiger charge is 2.12. The molecule has 1 N–H and O–H groups in total. The van der Waals surface area contributed by atoms with Gasteiger partial charge in [-0.25, -0.2) is 13.6 Å². The van der Waals surface area contributed by atoms with Gasteiger partial charge in [0.15, 0.2) is 0 Å². The number of methoxy groups -OCH3 is 1. The highest BCUT2D eigenvalue weighted by Crippen LogP contribution is 2.16. The number of nitrogens with one attached hydrogen (secondary N) is 1. The molecule has 0 saturated carbocycles. The molecule has 0 amide bonds. The van der Waals surface area contributed by atoms with Gasteiger partial charge in [-0.2, -0.15) is 0 Å².